The van der Waals surface area contributed by atoms with Crippen molar-refractivity contribution in [2.45, 2.75) is 57.9 Å². The number of nitrogens with zero attached hydrogens (tertiary/aromatic N) is 3. The zero-order valence-electron chi connectivity index (χ0n) is 20.4. The van der Waals surface area contributed by atoms with E-state index in [1.54, 1.807) is 6.07 Å². The largest absolute Gasteiger partial charge is 0.381 e. The minimum atomic E-state index is -0.0594. The van der Waals surface area contributed by atoms with Gasteiger partial charge in [-0.1, -0.05) is 42.4 Å². The molecule has 4 rings (SSSR count). The molecule has 0 aliphatic carbocycles. The van der Waals surface area contributed by atoms with Crippen LogP contribution in [-0.4, -0.2) is 66.2 Å². The minimum Gasteiger partial charge on any atom is -0.381 e. The number of amides is 2. The molecule has 0 N–H and O–H groups in total. The van der Waals surface area contributed by atoms with Crippen molar-refractivity contribution in [1.82, 2.24) is 15.0 Å². The molecule has 184 valence electrons. The van der Waals surface area contributed by atoms with Crippen molar-refractivity contribution < 1.29 is 18.8 Å². The zero-order chi connectivity index (χ0) is 23.9. The predicted molar refractivity (Wildman–Crippen MR) is 129 cm³/mol. The van der Waals surface area contributed by atoms with Crippen molar-refractivity contribution >= 4 is 11.8 Å². The number of ether oxygens (including phenoxy) is 1. The van der Waals surface area contributed by atoms with E-state index in [9.17, 15) is 9.59 Å². The number of hydrogen-bond donors (Lipinski definition) is 0. The van der Waals surface area contributed by atoms with E-state index in [1.807, 2.05) is 22.9 Å². The Balaban J connectivity index is 1.43. The molecular formula is C27H37N3O4. The van der Waals surface area contributed by atoms with Crippen LogP contribution in [0.3, 0.4) is 0 Å². The van der Waals surface area contributed by atoms with Crippen LogP contribution in [0.2, 0.25) is 0 Å². The summed E-state index contributed by atoms with van der Waals surface area (Å²) < 4.78 is 10.8. The van der Waals surface area contributed by atoms with E-state index in [0.29, 0.717) is 37.9 Å². The summed E-state index contributed by atoms with van der Waals surface area (Å²) in [4.78, 5) is 30.2. The summed E-state index contributed by atoms with van der Waals surface area (Å²) in [5.74, 6) is 1.32. The Kier molecular flexibility index (Phi) is 8.38. The van der Waals surface area contributed by atoms with Gasteiger partial charge in [-0.05, 0) is 50.0 Å². The second-order valence-corrected chi connectivity index (χ2v) is 9.65. The fraction of sp³-hybridized carbons (Fsp3) is 0.593. The van der Waals surface area contributed by atoms with Crippen LogP contribution in [0.4, 0.5) is 0 Å². The molecule has 7 nitrogen and oxygen atoms in total. The predicted octanol–water partition coefficient (Wildman–Crippen LogP) is 3.98. The van der Waals surface area contributed by atoms with E-state index in [0.717, 1.165) is 50.7 Å². The SMILES string of the molecule is CCCc1cc(C(=O)N2CCC(C(Cc3ccccc3)N(C)C(=O)C3CCOCC3)CC2)no1. The maximum atomic E-state index is 13.4. The molecule has 34 heavy (non-hydrogen) atoms. The molecule has 2 amide bonds. The van der Waals surface area contributed by atoms with Crippen LogP contribution in [0.15, 0.2) is 40.9 Å². The second kappa shape index (κ2) is 11.6. The van der Waals surface area contributed by atoms with E-state index in [1.165, 1.54) is 5.56 Å². The minimum absolute atomic E-state index is 0.0446. The van der Waals surface area contributed by atoms with Gasteiger partial charge in [-0.2, -0.15) is 0 Å². The Labute approximate surface area is 202 Å². The summed E-state index contributed by atoms with van der Waals surface area (Å²) in [5.41, 5.74) is 1.64. The van der Waals surface area contributed by atoms with Gasteiger partial charge >= 0.3 is 0 Å². The first-order valence-electron chi connectivity index (χ1n) is 12.7. The molecule has 2 fully saturated rings. The monoisotopic (exact) mass is 467 g/mol. The molecule has 2 aliphatic rings. The van der Waals surface area contributed by atoms with Gasteiger partial charge in [0.1, 0.15) is 5.76 Å². The molecule has 1 aromatic heterocycles. The van der Waals surface area contributed by atoms with Gasteiger partial charge in [-0.15, -0.1) is 0 Å². The summed E-state index contributed by atoms with van der Waals surface area (Å²) in [5, 5.41) is 3.99. The van der Waals surface area contributed by atoms with Gasteiger partial charge in [0.05, 0.1) is 0 Å². The lowest BCUT2D eigenvalue weighted by atomic mass is 9.84. The Morgan fingerprint density at radius 2 is 1.82 bits per heavy atom. The highest BCUT2D eigenvalue weighted by atomic mass is 16.5. The van der Waals surface area contributed by atoms with Crippen molar-refractivity contribution in [2.24, 2.45) is 11.8 Å². The third-order valence-corrected chi connectivity index (χ3v) is 7.35. The number of piperidine rings is 1. The molecule has 3 heterocycles. The normalized spacial score (nSPS) is 18.6. The second-order valence-electron chi connectivity index (χ2n) is 9.65. The molecule has 0 spiro atoms. The van der Waals surface area contributed by atoms with Crippen LogP contribution in [0.1, 0.15) is 60.8 Å². The molecule has 1 unspecified atom stereocenters. The number of likely N-dealkylation sites (N-methyl/N-ethyl adjacent to an activating group) is 1. The van der Waals surface area contributed by atoms with Gasteiger partial charge in [0.2, 0.25) is 5.91 Å². The number of aryl methyl sites for hydroxylation is 1. The number of aromatic nitrogens is 1. The third kappa shape index (κ3) is 5.87. The van der Waals surface area contributed by atoms with E-state index >= 15 is 0 Å². The van der Waals surface area contributed by atoms with E-state index in [-0.39, 0.29) is 23.8 Å². The highest BCUT2D eigenvalue weighted by Crippen LogP contribution is 2.29. The topological polar surface area (TPSA) is 75.9 Å². The zero-order valence-corrected chi connectivity index (χ0v) is 20.4. The van der Waals surface area contributed by atoms with Gasteiger partial charge in [0, 0.05) is 57.8 Å². The van der Waals surface area contributed by atoms with E-state index in [4.69, 9.17) is 9.26 Å². The number of carbonyl (C=O) groups is 2. The fourth-order valence-electron chi connectivity index (χ4n) is 5.30. The van der Waals surface area contributed by atoms with Crippen LogP contribution in [0.25, 0.3) is 0 Å². The number of benzene rings is 1. The molecule has 2 aliphatic heterocycles. The first kappa shape index (κ1) is 24.5. The summed E-state index contributed by atoms with van der Waals surface area (Å²) in [6.45, 7) is 4.74. The molecule has 0 radical (unpaired) electrons. The Morgan fingerprint density at radius 3 is 2.50 bits per heavy atom. The summed E-state index contributed by atoms with van der Waals surface area (Å²) in [6.07, 6.45) is 5.91. The van der Waals surface area contributed by atoms with Crippen LogP contribution in [0, 0.1) is 11.8 Å². The van der Waals surface area contributed by atoms with Gasteiger partial charge in [0.15, 0.2) is 5.69 Å². The molecule has 2 aromatic rings. The van der Waals surface area contributed by atoms with Crippen LogP contribution < -0.4 is 0 Å². The molecular weight excluding hydrogens is 430 g/mol. The van der Waals surface area contributed by atoms with E-state index < -0.39 is 0 Å². The maximum Gasteiger partial charge on any atom is 0.276 e. The smallest absolute Gasteiger partial charge is 0.276 e. The Bertz CT molecular complexity index is 930. The highest BCUT2D eigenvalue weighted by molar-refractivity contribution is 5.92. The third-order valence-electron chi connectivity index (χ3n) is 7.35. The Morgan fingerprint density at radius 1 is 1.12 bits per heavy atom. The molecule has 7 heteroatoms. The van der Waals surface area contributed by atoms with Gasteiger partial charge < -0.3 is 19.1 Å². The number of rotatable bonds is 8. The van der Waals surface area contributed by atoms with E-state index in [2.05, 4.69) is 36.3 Å². The lowest BCUT2D eigenvalue weighted by molar-refractivity contribution is -0.140. The number of carbonyl (C=O) groups excluding carboxylic acids is 2. The van der Waals surface area contributed by atoms with Crippen molar-refractivity contribution in [3.05, 3.63) is 53.4 Å². The number of hydrogen-bond acceptors (Lipinski definition) is 5. The lowest BCUT2D eigenvalue weighted by Gasteiger charge is -2.41. The standard InChI is InChI=1S/C27H37N3O4/c1-3-7-23-19-24(28-34-23)27(32)30-14-10-21(11-15-30)25(18-20-8-5-4-6-9-20)29(2)26(31)22-12-16-33-17-13-22/h4-6,8-9,19,21-22,25H,3,7,10-18H2,1-2H3. The highest BCUT2D eigenvalue weighted by Gasteiger charge is 2.35. The summed E-state index contributed by atoms with van der Waals surface area (Å²) in [6, 6.07) is 12.3. The summed E-state index contributed by atoms with van der Waals surface area (Å²) in [7, 11) is 1.97. The van der Waals surface area contributed by atoms with Crippen molar-refractivity contribution in [3.8, 4) is 0 Å². The van der Waals surface area contributed by atoms with Crippen LogP contribution in [0.5, 0.6) is 0 Å². The molecule has 2 saturated heterocycles. The van der Waals surface area contributed by atoms with Gasteiger partial charge in [-0.25, -0.2) is 0 Å². The number of likely N-dealkylation sites (tertiary alicyclic amines) is 1. The average molecular weight is 468 g/mol. The lowest BCUT2D eigenvalue weighted by Crippen LogP contribution is -2.50. The van der Waals surface area contributed by atoms with Crippen LogP contribution in [-0.2, 0) is 22.4 Å². The molecule has 0 saturated carbocycles. The first-order valence-corrected chi connectivity index (χ1v) is 12.7. The fourth-order valence-corrected chi connectivity index (χ4v) is 5.30. The molecule has 1 aromatic carbocycles. The van der Waals surface area contributed by atoms with Crippen molar-refractivity contribution in [2.75, 3.05) is 33.4 Å². The maximum absolute atomic E-state index is 13.4. The van der Waals surface area contributed by atoms with Crippen LogP contribution >= 0.6 is 0 Å². The first-order chi connectivity index (χ1) is 16.6. The summed E-state index contributed by atoms with van der Waals surface area (Å²) >= 11 is 0. The Hall–Kier alpha value is -2.67. The van der Waals surface area contributed by atoms with Gasteiger partial charge in [0.25, 0.3) is 5.91 Å². The van der Waals surface area contributed by atoms with Crippen molar-refractivity contribution in [3.63, 3.8) is 0 Å². The molecule has 0 bridgehead atoms. The average Bonchev–Trinajstić information content (AvgIpc) is 3.36. The van der Waals surface area contributed by atoms with Gasteiger partial charge in [-0.3, -0.25) is 9.59 Å². The van der Waals surface area contributed by atoms with Crippen molar-refractivity contribution in [1.29, 1.82) is 0 Å². The quantitative estimate of drug-likeness (QED) is 0.587. The molecule has 1 atom stereocenters.